The fourth-order valence-electron chi connectivity index (χ4n) is 3.27. The molecular formula is C24H31ClN2O2S. The van der Waals surface area contributed by atoms with Gasteiger partial charge in [-0.3, -0.25) is 9.59 Å². The number of aryl methyl sites for hydroxylation is 1. The van der Waals surface area contributed by atoms with Crippen molar-refractivity contribution >= 4 is 35.2 Å². The van der Waals surface area contributed by atoms with Gasteiger partial charge in [-0.1, -0.05) is 42.8 Å². The van der Waals surface area contributed by atoms with Crippen LogP contribution in [0.3, 0.4) is 0 Å². The molecule has 0 aliphatic rings. The van der Waals surface area contributed by atoms with Crippen molar-refractivity contribution in [3.05, 3.63) is 64.7 Å². The van der Waals surface area contributed by atoms with Gasteiger partial charge in [0.1, 0.15) is 6.04 Å². The number of hydrogen-bond acceptors (Lipinski definition) is 3. The molecule has 30 heavy (non-hydrogen) atoms. The highest BCUT2D eigenvalue weighted by Gasteiger charge is 2.28. The fourth-order valence-corrected chi connectivity index (χ4v) is 4.25. The van der Waals surface area contributed by atoms with Gasteiger partial charge < -0.3 is 10.2 Å². The van der Waals surface area contributed by atoms with Crippen molar-refractivity contribution in [3.63, 3.8) is 0 Å². The first-order valence-electron chi connectivity index (χ1n) is 10.5. The number of amides is 2. The molecule has 0 fully saturated rings. The highest BCUT2D eigenvalue weighted by Crippen LogP contribution is 2.22. The lowest BCUT2D eigenvalue weighted by molar-refractivity contribution is -0.141. The minimum atomic E-state index is -0.457. The molecule has 0 aliphatic carbocycles. The van der Waals surface area contributed by atoms with E-state index in [9.17, 15) is 9.59 Å². The second-order valence-electron chi connectivity index (χ2n) is 7.17. The molecule has 0 unspecified atom stereocenters. The van der Waals surface area contributed by atoms with Crippen molar-refractivity contribution in [1.29, 1.82) is 0 Å². The lowest BCUT2D eigenvalue weighted by Gasteiger charge is -2.31. The van der Waals surface area contributed by atoms with E-state index in [1.807, 2.05) is 69.3 Å². The van der Waals surface area contributed by atoms with E-state index in [1.54, 1.807) is 16.7 Å². The van der Waals surface area contributed by atoms with E-state index in [1.165, 1.54) is 0 Å². The van der Waals surface area contributed by atoms with Gasteiger partial charge in [0.15, 0.2) is 0 Å². The number of likely N-dealkylation sites (N-methyl/N-ethyl adjacent to an activating group) is 1. The highest BCUT2D eigenvalue weighted by atomic mass is 35.5. The Bertz CT molecular complexity index is 826. The average molecular weight is 447 g/mol. The van der Waals surface area contributed by atoms with E-state index in [0.717, 1.165) is 33.2 Å². The van der Waals surface area contributed by atoms with Crippen molar-refractivity contribution in [2.24, 2.45) is 0 Å². The quantitative estimate of drug-likeness (QED) is 0.368. The Morgan fingerprint density at radius 3 is 2.43 bits per heavy atom. The first-order chi connectivity index (χ1) is 14.5. The maximum Gasteiger partial charge on any atom is 0.242 e. The first-order valence-corrected chi connectivity index (χ1v) is 11.8. The third-order valence-electron chi connectivity index (χ3n) is 4.96. The second-order valence-corrected chi connectivity index (χ2v) is 8.78. The van der Waals surface area contributed by atoms with Gasteiger partial charge in [-0.25, -0.2) is 0 Å². The van der Waals surface area contributed by atoms with Gasteiger partial charge >= 0.3 is 0 Å². The predicted molar refractivity (Wildman–Crippen MR) is 126 cm³/mol. The molecule has 0 heterocycles. The maximum atomic E-state index is 13.1. The third kappa shape index (κ3) is 7.37. The van der Waals surface area contributed by atoms with Crippen molar-refractivity contribution in [1.82, 2.24) is 10.2 Å². The second kappa shape index (κ2) is 12.7. The molecule has 0 bridgehead atoms. The summed E-state index contributed by atoms with van der Waals surface area (Å²) in [6, 6.07) is 15.3. The summed E-state index contributed by atoms with van der Waals surface area (Å²) in [5.41, 5.74) is 2.20. The summed E-state index contributed by atoms with van der Waals surface area (Å²) in [7, 11) is 0. The van der Waals surface area contributed by atoms with Crippen molar-refractivity contribution in [2.75, 3.05) is 12.3 Å². The zero-order chi connectivity index (χ0) is 21.9. The van der Waals surface area contributed by atoms with Gasteiger partial charge in [0.25, 0.3) is 0 Å². The van der Waals surface area contributed by atoms with Gasteiger partial charge in [-0.05, 0) is 67.8 Å². The molecule has 0 saturated carbocycles. The number of rotatable bonds is 11. The zero-order valence-electron chi connectivity index (χ0n) is 18.0. The molecular weight excluding hydrogens is 416 g/mol. The van der Waals surface area contributed by atoms with Crippen LogP contribution >= 0.6 is 23.4 Å². The van der Waals surface area contributed by atoms with Gasteiger partial charge in [-0.2, -0.15) is 0 Å². The monoisotopic (exact) mass is 446 g/mol. The molecule has 2 amide bonds. The van der Waals surface area contributed by atoms with Crippen LogP contribution in [-0.2, 0) is 16.1 Å². The van der Waals surface area contributed by atoms with Crippen molar-refractivity contribution < 1.29 is 9.59 Å². The molecule has 162 valence electrons. The Morgan fingerprint density at radius 2 is 1.80 bits per heavy atom. The first kappa shape index (κ1) is 24.3. The highest BCUT2D eigenvalue weighted by molar-refractivity contribution is 7.99. The Kier molecular flexibility index (Phi) is 10.2. The number of nitrogens with zero attached hydrogens (tertiary/aromatic N) is 1. The van der Waals surface area contributed by atoms with Crippen LogP contribution in [0.25, 0.3) is 0 Å². The van der Waals surface area contributed by atoms with Crippen LogP contribution in [0.5, 0.6) is 0 Å². The molecule has 0 saturated heterocycles. The van der Waals surface area contributed by atoms with Gasteiger partial charge in [0.2, 0.25) is 11.8 Å². The van der Waals surface area contributed by atoms with E-state index in [2.05, 4.69) is 5.32 Å². The smallest absolute Gasteiger partial charge is 0.242 e. The van der Waals surface area contributed by atoms with E-state index in [-0.39, 0.29) is 11.8 Å². The van der Waals surface area contributed by atoms with Crippen molar-refractivity contribution in [2.45, 2.75) is 57.5 Å². The molecule has 6 heteroatoms. The van der Waals surface area contributed by atoms with Crippen LogP contribution in [0.15, 0.2) is 53.4 Å². The fraction of sp³-hybridized carbons (Fsp3) is 0.417. The molecule has 1 N–H and O–H groups in total. The number of hydrogen-bond donors (Lipinski definition) is 1. The van der Waals surface area contributed by atoms with Gasteiger partial charge in [0.05, 0.1) is 0 Å². The van der Waals surface area contributed by atoms with E-state index in [0.29, 0.717) is 25.9 Å². The van der Waals surface area contributed by atoms with Crippen LogP contribution < -0.4 is 5.32 Å². The minimum absolute atomic E-state index is 0.0214. The molecule has 0 spiro atoms. The number of carbonyl (C=O) groups is 2. The molecule has 4 nitrogen and oxygen atoms in total. The number of thioether (sulfide) groups is 1. The third-order valence-corrected chi connectivity index (χ3v) is 6.31. The summed E-state index contributed by atoms with van der Waals surface area (Å²) >= 11 is 7.64. The molecule has 2 aromatic rings. The Morgan fingerprint density at radius 1 is 1.10 bits per heavy atom. The van der Waals surface area contributed by atoms with Crippen molar-refractivity contribution in [3.8, 4) is 0 Å². The molecule has 1 atom stereocenters. The van der Waals surface area contributed by atoms with Crippen LogP contribution in [0.2, 0.25) is 5.02 Å². The standard InChI is InChI=1S/C24H31ClN2O2S/c1-4-22(24(29)26-5-2)27(17-19-10-7-6-9-18(19)3)23(28)11-8-16-30-21-14-12-20(25)13-15-21/h6-7,9-10,12-15,22H,4-5,8,11,16-17H2,1-3H3,(H,26,29)/t22-/m1/s1. The Labute approximate surface area is 189 Å². The summed E-state index contributed by atoms with van der Waals surface area (Å²) < 4.78 is 0. The number of benzene rings is 2. The lowest BCUT2D eigenvalue weighted by Crippen LogP contribution is -2.49. The van der Waals surface area contributed by atoms with Gasteiger partial charge in [0, 0.05) is 29.4 Å². The van der Waals surface area contributed by atoms with Crippen LogP contribution in [0, 0.1) is 6.92 Å². The van der Waals surface area contributed by atoms with E-state index >= 15 is 0 Å². The topological polar surface area (TPSA) is 49.4 Å². The van der Waals surface area contributed by atoms with Crippen LogP contribution in [-0.4, -0.2) is 35.1 Å². The lowest BCUT2D eigenvalue weighted by atomic mass is 10.1. The maximum absolute atomic E-state index is 13.1. The SMILES string of the molecule is CCNC(=O)[C@@H](CC)N(Cc1ccccc1C)C(=O)CCCSc1ccc(Cl)cc1. The van der Waals surface area contributed by atoms with Crippen LogP contribution in [0.4, 0.5) is 0 Å². The van der Waals surface area contributed by atoms with Gasteiger partial charge in [-0.15, -0.1) is 11.8 Å². The normalized spacial score (nSPS) is 11.7. The van der Waals surface area contributed by atoms with E-state index < -0.39 is 6.04 Å². The predicted octanol–water partition coefficient (Wildman–Crippen LogP) is 5.46. The summed E-state index contributed by atoms with van der Waals surface area (Å²) in [5.74, 6) is 0.773. The minimum Gasteiger partial charge on any atom is -0.355 e. The number of nitrogens with one attached hydrogen (secondary N) is 1. The zero-order valence-corrected chi connectivity index (χ0v) is 19.6. The Hall–Kier alpha value is -1.98. The summed E-state index contributed by atoms with van der Waals surface area (Å²) in [6.07, 6.45) is 1.76. The number of carbonyl (C=O) groups excluding carboxylic acids is 2. The summed E-state index contributed by atoms with van der Waals surface area (Å²) in [4.78, 5) is 28.6. The van der Waals surface area contributed by atoms with Crippen LogP contribution in [0.1, 0.15) is 44.2 Å². The Balaban J connectivity index is 2.04. The summed E-state index contributed by atoms with van der Waals surface area (Å²) in [6.45, 7) is 6.89. The molecule has 0 radical (unpaired) electrons. The molecule has 2 rings (SSSR count). The molecule has 0 aliphatic heterocycles. The average Bonchev–Trinajstić information content (AvgIpc) is 2.73. The molecule has 2 aromatic carbocycles. The number of halogens is 1. The largest absolute Gasteiger partial charge is 0.355 e. The molecule has 0 aromatic heterocycles. The summed E-state index contributed by atoms with van der Waals surface area (Å²) in [5, 5.41) is 3.60. The van der Waals surface area contributed by atoms with E-state index in [4.69, 9.17) is 11.6 Å².